The molecule has 3 heterocycles. The third-order valence-electron chi connectivity index (χ3n) is 7.08. The van der Waals surface area contributed by atoms with Crippen molar-refractivity contribution in [1.29, 1.82) is 0 Å². The minimum atomic E-state index is -0.451. The zero-order valence-corrected chi connectivity index (χ0v) is 20.0. The number of anilines is 1. The SMILES string of the molecule is O=C(Nc1ccccc1F)N1CCCCN2[C@H](CO)[C@H](c3ccc(C#Cc4cccnc4)cc3)[C@@H]2C1. The van der Waals surface area contributed by atoms with Gasteiger partial charge in [0, 0.05) is 54.6 Å². The standard InChI is InChI=1S/C29H29FN4O2/c30-24-7-1-2-8-25(24)32-29(36)33-16-3-4-17-34-26(19-33)28(27(34)20-35)23-13-11-21(12-14-23)9-10-22-6-5-15-31-18-22/h1-2,5-8,11-15,18,26-28,35H,3-4,16-17,19-20H2,(H,32,36)/t26-,27+,28+/m0/s1. The van der Waals surface area contributed by atoms with Gasteiger partial charge in [0.05, 0.1) is 12.3 Å². The number of urea groups is 1. The molecule has 3 aromatic rings. The molecule has 7 heteroatoms. The van der Waals surface area contributed by atoms with Crippen LogP contribution >= 0.6 is 0 Å². The van der Waals surface area contributed by atoms with Gasteiger partial charge in [0.15, 0.2) is 0 Å². The summed E-state index contributed by atoms with van der Waals surface area (Å²) in [5.41, 5.74) is 3.07. The topological polar surface area (TPSA) is 68.7 Å². The van der Waals surface area contributed by atoms with Crippen molar-refractivity contribution in [1.82, 2.24) is 14.8 Å². The second kappa shape index (κ2) is 10.9. The number of nitrogens with zero attached hydrogens (tertiary/aromatic N) is 3. The summed E-state index contributed by atoms with van der Waals surface area (Å²) < 4.78 is 14.1. The molecule has 0 radical (unpaired) electrons. The molecular formula is C29H29FN4O2. The van der Waals surface area contributed by atoms with Gasteiger partial charge in [0.25, 0.3) is 0 Å². The Bertz CT molecular complexity index is 1260. The molecule has 2 aromatic carbocycles. The molecule has 0 saturated carbocycles. The summed E-state index contributed by atoms with van der Waals surface area (Å²) >= 11 is 0. The predicted octanol–water partition coefficient (Wildman–Crippen LogP) is 4.08. The first kappa shape index (κ1) is 24.0. The van der Waals surface area contributed by atoms with E-state index in [9.17, 15) is 14.3 Å². The van der Waals surface area contributed by atoms with Gasteiger partial charge in [-0.3, -0.25) is 9.88 Å². The van der Waals surface area contributed by atoms with Crippen molar-refractivity contribution >= 4 is 11.7 Å². The predicted molar refractivity (Wildman–Crippen MR) is 137 cm³/mol. The minimum absolute atomic E-state index is 0.0110. The van der Waals surface area contributed by atoms with Crippen LogP contribution in [0.5, 0.6) is 0 Å². The van der Waals surface area contributed by atoms with E-state index in [4.69, 9.17) is 0 Å². The molecular weight excluding hydrogens is 455 g/mol. The highest BCUT2D eigenvalue weighted by atomic mass is 19.1. The van der Waals surface area contributed by atoms with Crippen molar-refractivity contribution in [2.75, 3.05) is 31.6 Å². The third-order valence-corrected chi connectivity index (χ3v) is 7.08. The molecule has 5 rings (SSSR count). The quantitative estimate of drug-likeness (QED) is 0.550. The first-order chi connectivity index (χ1) is 17.6. The molecule has 3 atom stereocenters. The number of aromatic nitrogens is 1. The fourth-order valence-electron chi connectivity index (χ4n) is 5.25. The number of hydrogen-bond donors (Lipinski definition) is 2. The van der Waals surface area contributed by atoms with Crippen LogP contribution in [-0.4, -0.2) is 64.2 Å². The minimum Gasteiger partial charge on any atom is -0.395 e. The third kappa shape index (κ3) is 5.11. The summed E-state index contributed by atoms with van der Waals surface area (Å²) in [6.07, 6.45) is 5.26. The Morgan fingerprint density at radius 3 is 2.56 bits per heavy atom. The number of pyridine rings is 1. The highest BCUT2D eigenvalue weighted by Gasteiger charge is 2.49. The fourth-order valence-corrected chi connectivity index (χ4v) is 5.25. The van der Waals surface area contributed by atoms with E-state index in [1.807, 2.05) is 24.3 Å². The number of hydrogen-bond acceptors (Lipinski definition) is 4. The molecule has 6 nitrogen and oxygen atoms in total. The van der Waals surface area contributed by atoms with Crippen LogP contribution in [0, 0.1) is 17.7 Å². The Hall–Kier alpha value is -3.73. The molecule has 184 valence electrons. The summed E-state index contributed by atoms with van der Waals surface area (Å²) in [4.78, 5) is 21.2. The number of fused-ring (bicyclic) bond motifs is 1. The summed E-state index contributed by atoms with van der Waals surface area (Å²) in [6, 6.07) is 17.9. The van der Waals surface area contributed by atoms with Crippen molar-refractivity contribution in [2.45, 2.75) is 30.8 Å². The van der Waals surface area contributed by atoms with Crippen LogP contribution in [0.3, 0.4) is 0 Å². The lowest BCUT2D eigenvalue weighted by Crippen LogP contribution is -2.68. The average molecular weight is 485 g/mol. The van der Waals surface area contributed by atoms with Crippen molar-refractivity contribution in [2.24, 2.45) is 0 Å². The van der Waals surface area contributed by atoms with Gasteiger partial charge in [-0.25, -0.2) is 9.18 Å². The number of halogens is 1. The van der Waals surface area contributed by atoms with Crippen LogP contribution in [0.25, 0.3) is 0 Å². The number of rotatable bonds is 3. The molecule has 0 spiro atoms. The molecule has 36 heavy (non-hydrogen) atoms. The first-order valence-electron chi connectivity index (χ1n) is 12.3. The van der Waals surface area contributed by atoms with Gasteiger partial charge in [-0.05, 0) is 61.3 Å². The monoisotopic (exact) mass is 484 g/mol. The van der Waals surface area contributed by atoms with E-state index in [1.165, 1.54) is 6.07 Å². The van der Waals surface area contributed by atoms with Crippen molar-refractivity contribution in [3.8, 4) is 11.8 Å². The molecule has 2 N–H and O–H groups in total. The number of aliphatic hydroxyl groups excluding tert-OH is 1. The lowest BCUT2D eigenvalue weighted by atomic mass is 9.74. The Labute approximate surface area is 210 Å². The summed E-state index contributed by atoms with van der Waals surface area (Å²) in [7, 11) is 0. The maximum absolute atomic E-state index is 14.1. The molecule has 2 amide bonds. The van der Waals surface area contributed by atoms with Gasteiger partial charge >= 0.3 is 6.03 Å². The van der Waals surface area contributed by atoms with Crippen LogP contribution < -0.4 is 5.32 Å². The Morgan fingerprint density at radius 1 is 1.03 bits per heavy atom. The van der Waals surface area contributed by atoms with Crippen LogP contribution in [0.1, 0.15) is 35.4 Å². The lowest BCUT2D eigenvalue weighted by Gasteiger charge is -2.57. The van der Waals surface area contributed by atoms with E-state index < -0.39 is 5.82 Å². The van der Waals surface area contributed by atoms with Gasteiger partial charge in [-0.15, -0.1) is 0 Å². The molecule has 2 aliphatic rings. The molecule has 0 aliphatic carbocycles. The summed E-state index contributed by atoms with van der Waals surface area (Å²) in [5.74, 6) is 5.94. The van der Waals surface area contributed by atoms with Gasteiger partial charge in [-0.1, -0.05) is 36.1 Å². The highest BCUT2D eigenvalue weighted by molar-refractivity contribution is 5.89. The van der Waals surface area contributed by atoms with Crippen molar-refractivity contribution < 1.29 is 14.3 Å². The number of amides is 2. The van der Waals surface area contributed by atoms with E-state index in [0.717, 1.165) is 36.1 Å². The lowest BCUT2D eigenvalue weighted by molar-refractivity contribution is -0.0585. The van der Waals surface area contributed by atoms with Crippen molar-refractivity contribution in [3.63, 3.8) is 0 Å². The van der Waals surface area contributed by atoms with Crippen LogP contribution in [0.2, 0.25) is 0 Å². The Kier molecular flexibility index (Phi) is 7.26. The van der Waals surface area contributed by atoms with E-state index >= 15 is 0 Å². The molecule has 2 saturated heterocycles. The number of para-hydroxylation sites is 1. The smallest absolute Gasteiger partial charge is 0.321 e. The van der Waals surface area contributed by atoms with Gasteiger partial charge in [-0.2, -0.15) is 0 Å². The van der Waals surface area contributed by atoms with E-state index in [0.29, 0.717) is 13.1 Å². The van der Waals surface area contributed by atoms with Crippen LogP contribution in [0.4, 0.5) is 14.9 Å². The molecule has 2 fully saturated rings. The maximum atomic E-state index is 14.1. The average Bonchev–Trinajstić information content (AvgIpc) is 2.89. The van der Waals surface area contributed by atoms with Gasteiger partial charge in [0.1, 0.15) is 5.82 Å². The number of carbonyl (C=O) groups excluding carboxylic acids is 1. The summed E-state index contributed by atoms with van der Waals surface area (Å²) in [5, 5.41) is 12.9. The van der Waals surface area contributed by atoms with E-state index in [-0.39, 0.29) is 36.3 Å². The second-order valence-electron chi connectivity index (χ2n) is 9.26. The van der Waals surface area contributed by atoms with Gasteiger partial charge < -0.3 is 15.3 Å². The Balaban J connectivity index is 1.32. The fraction of sp³-hybridized carbons (Fsp3) is 0.310. The normalized spacial score (nSPS) is 21.7. The Morgan fingerprint density at radius 2 is 1.81 bits per heavy atom. The first-order valence-corrected chi connectivity index (χ1v) is 12.3. The largest absolute Gasteiger partial charge is 0.395 e. The zero-order chi connectivity index (χ0) is 24.9. The van der Waals surface area contributed by atoms with Crippen LogP contribution in [-0.2, 0) is 0 Å². The molecule has 0 unspecified atom stereocenters. The number of carbonyl (C=O) groups is 1. The molecule has 1 aromatic heterocycles. The second-order valence-corrected chi connectivity index (χ2v) is 9.26. The summed E-state index contributed by atoms with van der Waals surface area (Å²) in [6.45, 7) is 2.09. The molecule has 2 aliphatic heterocycles. The van der Waals surface area contributed by atoms with Gasteiger partial charge in [0.2, 0.25) is 0 Å². The number of benzene rings is 2. The van der Waals surface area contributed by atoms with Crippen molar-refractivity contribution in [3.05, 3.63) is 95.6 Å². The molecule has 0 bridgehead atoms. The maximum Gasteiger partial charge on any atom is 0.321 e. The number of nitrogens with one attached hydrogen (secondary N) is 1. The number of aliphatic hydroxyl groups is 1. The van der Waals surface area contributed by atoms with E-state index in [2.05, 4.69) is 39.2 Å². The zero-order valence-electron chi connectivity index (χ0n) is 20.0. The highest BCUT2D eigenvalue weighted by Crippen LogP contribution is 2.42. The van der Waals surface area contributed by atoms with Crippen LogP contribution in [0.15, 0.2) is 73.1 Å². The van der Waals surface area contributed by atoms with E-state index in [1.54, 1.807) is 35.5 Å².